The average Bonchev–Trinajstić information content (AvgIpc) is 2.78. The second kappa shape index (κ2) is 9.94. The van der Waals surface area contributed by atoms with Gasteiger partial charge in [-0.05, 0) is 47.4 Å². The van der Waals surface area contributed by atoms with E-state index in [-0.39, 0.29) is 0 Å². The van der Waals surface area contributed by atoms with Crippen molar-refractivity contribution in [2.75, 3.05) is 24.8 Å². The first-order valence-electron chi connectivity index (χ1n) is 10.3. The van der Waals surface area contributed by atoms with Crippen LogP contribution in [0.25, 0.3) is 0 Å². The predicted molar refractivity (Wildman–Crippen MR) is 128 cm³/mol. The molecule has 1 amide bonds. The van der Waals surface area contributed by atoms with Gasteiger partial charge in [0.2, 0.25) is 6.41 Å². The van der Waals surface area contributed by atoms with Gasteiger partial charge in [-0.15, -0.1) is 0 Å². The van der Waals surface area contributed by atoms with Crippen LogP contribution >= 0.6 is 0 Å². The number of nitrogens with two attached hydrogens (primary N) is 1. The number of amides is 1. The van der Waals surface area contributed by atoms with Crippen LogP contribution in [0.15, 0.2) is 71.7 Å². The summed E-state index contributed by atoms with van der Waals surface area (Å²) in [5.74, 6) is 1.15. The first-order valence-corrected chi connectivity index (χ1v) is 10.3. The van der Waals surface area contributed by atoms with Gasteiger partial charge in [0.1, 0.15) is 5.75 Å². The Morgan fingerprint density at radius 3 is 2.42 bits per heavy atom. The highest BCUT2D eigenvalue weighted by Crippen LogP contribution is 2.29. The Kier molecular flexibility index (Phi) is 7.08. The molecule has 0 aliphatic carbocycles. The van der Waals surface area contributed by atoms with E-state index < -0.39 is 0 Å². The van der Waals surface area contributed by atoms with Crippen LogP contribution in [0, 0.1) is 0 Å². The van der Waals surface area contributed by atoms with Gasteiger partial charge in [0, 0.05) is 23.9 Å². The van der Waals surface area contributed by atoms with Crippen molar-refractivity contribution in [2.45, 2.75) is 26.3 Å². The SMILES string of the molecule is C/N=C(/c1ccc(C(C)C)cc1)c1cc(OC)ccc1N(C=O)Cc1cccc(N)c1. The molecule has 0 radical (unpaired) electrons. The van der Waals surface area contributed by atoms with E-state index in [9.17, 15) is 4.79 Å². The van der Waals surface area contributed by atoms with E-state index in [4.69, 9.17) is 10.5 Å². The molecule has 0 aliphatic rings. The molecule has 5 nitrogen and oxygen atoms in total. The van der Waals surface area contributed by atoms with Crippen LogP contribution in [0.5, 0.6) is 5.75 Å². The van der Waals surface area contributed by atoms with E-state index in [2.05, 4.69) is 43.1 Å². The van der Waals surface area contributed by atoms with Crippen molar-refractivity contribution in [3.05, 3.63) is 89.0 Å². The molecule has 0 heterocycles. The van der Waals surface area contributed by atoms with Crippen molar-refractivity contribution in [3.8, 4) is 5.75 Å². The van der Waals surface area contributed by atoms with Crippen molar-refractivity contribution >= 4 is 23.5 Å². The highest BCUT2D eigenvalue weighted by Gasteiger charge is 2.18. The number of anilines is 2. The molecule has 160 valence electrons. The molecule has 0 saturated heterocycles. The fourth-order valence-electron chi connectivity index (χ4n) is 3.58. The van der Waals surface area contributed by atoms with Crippen LogP contribution in [0.1, 0.15) is 42.0 Å². The summed E-state index contributed by atoms with van der Waals surface area (Å²) in [6.07, 6.45) is 0.837. The number of hydrogen-bond acceptors (Lipinski definition) is 4. The van der Waals surface area contributed by atoms with Crippen molar-refractivity contribution in [1.29, 1.82) is 0 Å². The van der Waals surface area contributed by atoms with Crippen LogP contribution < -0.4 is 15.4 Å². The molecule has 5 heteroatoms. The number of rotatable bonds is 8. The van der Waals surface area contributed by atoms with E-state index in [0.717, 1.165) is 34.5 Å². The van der Waals surface area contributed by atoms with Crippen molar-refractivity contribution in [1.82, 2.24) is 0 Å². The zero-order valence-electron chi connectivity index (χ0n) is 18.5. The molecule has 2 N–H and O–H groups in total. The van der Waals surface area contributed by atoms with Gasteiger partial charge < -0.3 is 15.4 Å². The summed E-state index contributed by atoms with van der Waals surface area (Å²) in [4.78, 5) is 18.3. The summed E-state index contributed by atoms with van der Waals surface area (Å²) >= 11 is 0. The summed E-state index contributed by atoms with van der Waals surface area (Å²) < 4.78 is 5.46. The summed E-state index contributed by atoms with van der Waals surface area (Å²) in [5, 5.41) is 0. The Morgan fingerprint density at radius 1 is 1.10 bits per heavy atom. The molecule has 0 spiro atoms. The molecule has 0 bridgehead atoms. The van der Waals surface area contributed by atoms with Crippen molar-refractivity contribution in [3.63, 3.8) is 0 Å². The van der Waals surface area contributed by atoms with Gasteiger partial charge in [-0.25, -0.2) is 0 Å². The van der Waals surface area contributed by atoms with Gasteiger partial charge in [-0.2, -0.15) is 0 Å². The fourth-order valence-corrected chi connectivity index (χ4v) is 3.58. The Balaban J connectivity index is 2.06. The normalized spacial score (nSPS) is 11.5. The molecular formula is C26H29N3O2. The second-order valence-corrected chi connectivity index (χ2v) is 7.71. The number of nitrogen functional groups attached to an aromatic ring is 1. The lowest BCUT2D eigenvalue weighted by atomic mass is 9.96. The van der Waals surface area contributed by atoms with Crippen LogP contribution in [0.4, 0.5) is 11.4 Å². The highest BCUT2D eigenvalue weighted by atomic mass is 16.5. The molecule has 31 heavy (non-hydrogen) atoms. The second-order valence-electron chi connectivity index (χ2n) is 7.71. The third kappa shape index (κ3) is 5.12. The van der Waals surface area contributed by atoms with Gasteiger partial charge in [-0.3, -0.25) is 9.79 Å². The Morgan fingerprint density at radius 2 is 1.84 bits per heavy atom. The van der Waals surface area contributed by atoms with E-state index in [0.29, 0.717) is 23.9 Å². The van der Waals surface area contributed by atoms with Gasteiger partial charge in [0.15, 0.2) is 0 Å². The molecule has 0 saturated carbocycles. The lowest BCUT2D eigenvalue weighted by molar-refractivity contribution is -0.107. The van der Waals surface area contributed by atoms with E-state index >= 15 is 0 Å². The number of carbonyl (C=O) groups is 1. The number of benzene rings is 3. The Bertz CT molecular complexity index is 1070. The van der Waals surface area contributed by atoms with Gasteiger partial charge in [0.05, 0.1) is 25.1 Å². The van der Waals surface area contributed by atoms with Crippen LogP contribution in [0.3, 0.4) is 0 Å². The van der Waals surface area contributed by atoms with Gasteiger partial charge >= 0.3 is 0 Å². The monoisotopic (exact) mass is 415 g/mol. The number of nitrogens with zero attached hydrogens (tertiary/aromatic N) is 2. The number of aliphatic imine (C=N–C) groups is 1. The third-order valence-electron chi connectivity index (χ3n) is 5.27. The van der Waals surface area contributed by atoms with E-state index in [1.54, 1.807) is 19.1 Å². The maximum absolute atomic E-state index is 12.1. The molecule has 3 rings (SSSR count). The van der Waals surface area contributed by atoms with Crippen LogP contribution in [-0.2, 0) is 11.3 Å². The van der Waals surface area contributed by atoms with Crippen molar-refractivity contribution in [2.24, 2.45) is 4.99 Å². The lowest BCUT2D eigenvalue weighted by Crippen LogP contribution is -2.23. The molecule has 3 aromatic carbocycles. The largest absolute Gasteiger partial charge is 0.497 e. The first kappa shape index (κ1) is 22.1. The zero-order chi connectivity index (χ0) is 22.4. The van der Waals surface area contributed by atoms with E-state index in [1.807, 2.05) is 42.5 Å². The Hall–Kier alpha value is -3.60. The average molecular weight is 416 g/mol. The van der Waals surface area contributed by atoms with Crippen LogP contribution in [-0.4, -0.2) is 26.3 Å². The maximum Gasteiger partial charge on any atom is 0.214 e. The predicted octanol–water partition coefficient (Wildman–Crippen LogP) is 5.03. The van der Waals surface area contributed by atoms with Gasteiger partial charge in [0.25, 0.3) is 0 Å². The number of ether oxygens (including phenoxy) is 1. The van der Waals surface area contributed by atoms with E-state index in [1.165, 1.54) is 5.56 Å². The summed E-state index contributed by atoms with van der Waals surface area (Å²) in [7, 11) is 3.39. The molecule has 0 aliphatic heterocycles. The lowest BCUT2D eigenvalue weighted by Gasteiger charge is -2.23. The number of carbonyl (C=O) groups excluding carboxylic acids is 1. The minimum Gasteiger partial charge on any atom is -0.497 e. The fraction of sp³-hybridized carbons (Fsp3) is 0.231. The maximum atomic E-state index is 12.1. The topological polar surface area (TPSA) is 67.9 Å². The molecule has 0 fully saturated rings. The van der Waals surface area contributed by atoms with Crippen LogP contribution in [0.2, 0.25) is 0 Å². The molecule has 0 unspecified atom stereocenters. The quantitative estimate of drug-likeness (QED) is 0.319. The van der Waals surface area contributed by atoms with Crippen molar-refractivity contribution < 1.29 is 9.53 Å². The Labute approximate surface area is 184 Å². The summed E-state index contributed by atoms with van der Waals surface area (Å²) in [5.41, 5.74) is 12.2. The number of hydrogen-bond donors (Lipinski definition) is 1. The molecule has 0 aromatic heterocycles. The minimum absolute atomic E-state index is 0.400. The first-order chi connectivity index (χ1) is 15.0. The third-order valence-corrected chi connectivity index (χ3v) is 5.27. The summed E-state index contributed by atoms with van der Waals surface area (Å²) in [6, 6.07) is 21.6. The standard InChI is InChI=1S/C26H29N3O2/c1-18(2)20-8-10-21(11-9-20)26(28-3)24-15-23(31-4)12-13-25(24)29(17-30)16-19-6-5-7-22(27)14-19/h5-15,17-18H,16,27H2,1-4H3/b28-26-. The molecule has 0 atom stereocenters. The zero-order valence-corrected chi connectivity index (χ0v) is 18.5. The highest BCUT2D eigenvalue weighted by molar-refractivity contribution is 6.16. The summed E-state index contributed by atoms with van der Waals surface area (Å²) in [6.45, 7) is 4.74. The molecular weight excluding hydrogens is 386 g/mol. The van der Waals surface area contributed by atoms with Gasteiger partial charge in [-0.1, -0.05) is 50.2 Å². The smallest absolute Gasteiger partial charge is 0.214 e. The minimum atomic E-state index is 0.400. The molecule has 3 aromatic rings. The number of methoxy groups -OCH3 is 1.